The number of nitrogens with zero attached hydrogens (tertiary/aromatic N) is 5. The van der Waals surface area contributed by atoms with Gasteiger partial charge in [-0.1, -0.05) is 6.07 Å². The largest absolute Gasteiger partial charge is 0.377 e. The monoisotopic (exact) mass is 488 g/mol. The number of carbonyl (C=O) groups is 1. The van der Waals surface area contributed by atoms with Crippen LogP contribution in [0.1, 0.15) is 36.2 Å². The van der Waals surface area contributed by atoms with Gasteiger partial charge in [0, 0.05) is 30.8 Å². The van der Waals surface area contributed by atoms with Gasteiger partial charge in [-0.2, -0.15) is 9.97 Å². The molecule has 36 heavy (non-hydrogen) atoms. The smallest absolute Gasteiger partial charge is 0.251 e. The summed E-state index contributed by atoms with van der Waals surface area (Å²) in [5.74, 6) is 1.60. The number of pyridine rings is 1. The molecule has 2 fully saturated rings. The summed E-state index contributed by atoms with van der Waals surface area (Å²) >= 11 is 0. The number of hydrogen-bond acceptors (Lipinski definition) is 8. The van der Waals surface area contributed by atoms with Crippen LogP contribution in [0.15, 0.2) is 30.3 Å². The van der Waals surface area contributed by atoms with Gasteiger partial charge in [-0.25, -0.2) is 4.98 Å². The number of morpholine rings is 2. The van der Waals surface area contributed by atoms with Crippen molar-refractivity contribution in [2.75, 3.05) is 55.9 Å². The van der Waals surface area contributed by atoms with Crippen LogP contribution in [0, 0.1) is 0 Å². The molecule has 3 aliphatic heterocycles. The van der Waals surface area contributed by atoms with Gasteiger partial charge in [0.2, 0.25) is 5.95 Å². The second kappa shape index (κ2) is 9.63. The van der Waals surface area contributed by atoms with Crippen molar-refractivity contribution in [3.05, 3.63) is 41.5 Å². The number of fused-ring (bicyclic) bond motifs is 2. The summed E-state index contributed by atoms with van der Waals surface area (Å²) in [6, 6.07) is 10.5. The van der Waals surface area contributed by atoms with Gasteiger partial charge < -0.3 is 24.6 Å². The average molecular weight is 489 g/mol. The first-order chi connectivity index (χ1) is 17.6. The number of nitrogens with one attached hydrogen (secondary N) is 1. The molecule has 0 spiro atoms. The van der Waals surface area contributed by atoms with Gasteiger partial charge in [0.15, 0.2) is 5.65 Å². The molecular formula is C27H32N6O3. The molecule has 0 saturated carbocycles. The molecule has 188 valence electrons. The highest BCUT2D eigenvalue weighted by molar-refractivity contribution is 5.97. The number of anilines is 2. The first kappa shape index (κ1) is 23.1. The average Bonchev–Trinajstić information content (AvgIpc) is 3.09. The number of aromatic nitrogens is 3. The van der Waals surface area contributed by atoms with Crippen LogP contribution < -0.4 is 15.1 Å². The lowest BCUT2D eigenvalue weighted by atomic mass is 9.99. The van der Waals surface area contributed by atoms with Crippen LogP contribution in [0.3, 0.4) is 0 Å². The zero-order valence-electron chi connectivity index (χ0n) is 20.9. The minimum absolute atomic E-state index is 0.00167. The fraction of sp³-hybridized carbons (Fsp3) is 0.481. The highest BCUT2D eigenvalue weighted by Gasteiger charge is 2.27. The molecule has 3 aromatic rings. The number of ether oxygens (including phenoxy) is 2. The minimum Gasteiger partial charge on any atom is -0.377 e. The predicted molar refractivity (Wildman–Crippen MR) is 139 cm³/mol. The predicted octanol–water partition coefficient (Wildman–Crippen LogP) is 2.82. The molecule has 1 amide bonds. The van der Waals surface area contributed by atoms with Crippen LogP contribution in [0.4, 0.5) is 11.8 Å². The SMILES string of the molecule is C[C@H]1COCCN1c1nc(N2CCOC[C@@H]2C)c2ccc(-c3ccc4c(c3)CCCNC4=O)nc2n1. The summed E-state index contributed by atoms with van der Waals surface area (Å²) in [7, 11) is 0. The van der Waals surface area contributed by atoms with E-state index in [1.54, 1.807) is 0 Å². The van der Waals surface area contributed by atoms with E-state index in [1.807, 2.05) is 18.2 Å². The molecule has 0 unspecified atom stereocenters. The second-order valence-corrected chi connectivity index (χ2v) is 9.88. The molecule has 0 radical (unpaired) electrons. The fourth-order valence-electron chi connectivity index (χ4n) is 5.31. The van der Waals surface area contributed by atoms with E-state index in [0.717, 1.165) is 59.5 Å². The molecule has 5 heterocycles. The molecule has 2 saturated heterocycles. The van der Waals surface area contributed by atoms with Crippen LogP contribution in [-0.4, -0.2) is 79.0 Å². The number of carbonyl (C=O) groups excluding carboxylic acids is 1. The summed E-state index contributed by atoms with van der Waals surface area (Å²) in [6.45, 7) is 9.19. The summed E-state index contributed by atoms with van der Waals surface area (Å²) in [5.41, 5.74) is 4.34. The Kier molecular flexibility index (Phi) is 6.18. The molecule has 6 rings (SSSR count). The van der Waals surface area contributed by atoms with Crippen LogP contribution in [0.25, 0.3) is 22.3 Å². The number of amides is 1. The van der Waals surface area contributed by atoms with Gasteiger partial charge in [0.1, 0.15) is 5.82 Å². The Morgan fingerprint density at radius 1 is 0.944 bits per heavy atom. The topological polar surface area (TPSA) is 92.7 Å². The van der Waals surface area contributed by atoms with E-state index in [4.69, 9.17) is 24.4 Å². The molecule has 3 aliphatic rings. The van der Waals surface area contributed by atoms with Gasteiger partial charge in [-0.3, -0.25) is 4.79 Å². The maximum atomic E-state index is 12.4. The van der Waals surface area contributed by atoms with Gasteiger partial charge in [0.25, 0.3) is 5.91 Å². The molecule has 9 nitrogen and oxygen atoms in total. The number of benzene rings is 1. The van der Waals surface area contributed by atoms with E-state index >= 15 is 0 Å². The van der Waals surface area contributed by atoms with Crippen molar-refractivity contribution < 1.29 is 14.3 Å². The fourth-order valence-corrected chi connectivity index (χ4v) is 5.31. The lowest BCUT2D eigenvalue weighted by Crippen LogP contribution is -2.46. The van der Waals surface area contributed by atoms with E-state index in [-0.39, 0.29) is 18.0 Å². The van der Waals surface area contributed by atoms with Crippen LogP contribution >= 0.6 is 0 Å². The van der Waals surface area contributed by atoms with Crippen LogP contribution in [0.5, 0.6) is 0 Å². The van der Waals surface area contributed by atoms with E-state index in [2.05, 4.69) is 41.1 Å². The van der Waals surface area contributed by atoms with Crippen molar-refractivity contribution in [2.45, 2.75) is 38.8 Å². The maximum Gasteiger partial charge on any atom is 0.251 e. The zero-order chi connectivity index (χ0) is 24.6. The third kappa shape index (κ3) is 4.26. The van der Waals surface area contributed by atoms with Gasteiger partial charge in [0.05, 0.1) is 49.6 Å². The van der Waals surface area contributed by atoms with Crippen molar-refractivity contribution in [1.29, 1.82) is 0 Å². The summed E-state index contributed by atoms with van der Waals surface area (Å²) in [5, 5.41) is 3.90. The third-order valence-corrected chi connectivity index (χ3v) is 7.35. The lowest BCUT2D eigenvalue weighted by molar-refractivity contribution is 0.0955. The zero-order valence-corrected chi connectivity index (χ0v) is 20.9. The van der Waals surface area contributed by atoms with E-state index in [1.165, 1.54) is 0 Å². The molecular weight excluding hydrogens is 456 g/mol. The van der Waals surface area contributed by atoms with E-state index < -0.39 is 0 Å². The van der Waals surface area contributed by atoms with Crippen molar-refractivity contribution in [1.82, 2.24) is 20.3 Å². The van der Waals surface area contributed by atoms with Gasteiger partial charge in [-0.15, -0.1) is 0 Å². The standard InChI is InChI=1S/C27H32N6O3/c1-17-15-35-12-10-32(17)25-22-7-8-23(20-5-6-21-19(14-20)4-3-9-28-26(21)34)29-24(22)30-27(31-25)33-11-13-36-16-18(33)2/h5-8,14,17-18H,3-4,9-13,15-16H2,1-2H3,(H,28,34)/t17-,18-/m0/s1. The van der Waals surface area contributed by atoms with Crippen molar-refractivity contribution in [3.8, 4) is 11.3 Å². The Balaban J connectivity index is 1.46. The Bertz CT molecular complexity index is 1300. The maximum absolute atomic E-state index is 12.4. The first-order valence-electron chi connectivity index (χ1n) is 12.9. The highest BCUT2D eigenvalue weighted by atomic mass is 16.5. The van der Waals surface area contributed by atoms with Crippen LogP contribution in [0.2, 0.25) is 0 Å². The lowest BCUT2D eigenvalue weighted by Gasteiger charge is -2.37. The normalized spacial score (nSPS) is 22.8. The number of rotatable bonds is 3. The van der Waals surface area contributed by atoms with Crippen molar-refractivity contribution in [2.24, 2.45) is 0 Å². The van der Waals surface area contributed by atoms with E-state index in [0.29, 0.717) is 44.6 Å². The third-order valence-electron chi connectivity index (χ3n) is 7.35. The molecule has 2 atom stereocenters. The van der Waals surface area contributed by atoms with Gasteiger partial charge in [-0.05, 0) is 56.5 Å². The highest BCUT2D eigenvalue weighted by Crippen LogP contribution is 2.32. The summed E-state index contributed by atoms with van der Waals surface area (Å²) < 4.78 is 11.3. The van der Waals surface area contributed by atoms with Gasteiger partial charge >= 0.3 is 0 Å². The molecule has 2 aromatic heterocycles. The van der Waals surface area contributed by atoms with Crippen LogP contribution in [-0.2, 0) is 15.9 Å². The Labute approximate surface area is 210 Å². The molecule has 0 bridgehead atoms. The molecule has 0 aliphatic carbocycles. The van der Waals surface area contributed by atoms with Crippen molar-refractivity contribution in [3.63, 3.8) is 0 Å². The Morgan fingerprint density at radius 2 is 1.72 bits per heavy atom. The first-order valence-corrected chi connectivity index (χ1v) is 12.9. The minimum atomic E-state index is 0.00167. The van der Waals surface area contributed by atoms with E-state index in [9.17, 15) is 4.79 Å². The number of aryl methyl sites for hydroxylation is 1. The summed E-state index contributed by atoms with van der Waals surface area (Å²) in [4.78, 5) is 32.0. The molecule has 9 heteroatoms. The Hall–Kier alpha value is -3.30. The summed E-state index contributed by atoms with van der Waals surface area (Å²) in [6.07, 6.45) is 1.80. The quantitative estimate of drug-likeness (QED) is 0.602. The molecule has 1 N–H and O–H groups in total. The van der Waals surface area contributed by atoms with Crippen molar-refractivity contribution >= 4 is 28.7 Å². The molecule has 1 aromatic carbocycles. The Morgan fingerprint density at radius 3 is 2.50 bits per heavy atom. The second-order valence-electron chi connectivity index (χ2n) is 9.88. The number of hydrogen-bond donors (Lipinski definition) is 1.